The maximum atomic E-state index is 10.2. The van der Waals surface area contributed by atoms with E-state index in [1.165, 1.54) is 12.8 Å². The van der Waals surface area contributed by atoms with Gasteiger partial charge in [0.05, 0.1) is 18.8 Å². The smallest absolute Gasteiger partial charge is 0.165 e. The molecule has 0 aromatic carbocycles. The van der Waals surface area contributed by atoms with Gasteiger partial charge in [-0.15, -0.1) is 0 Å². The minimum atomic E-state index is -0.380. The molecule has 1 aliphatic carbocycles. The summed E-state index contributed by atoms with van der Waals surface area (Å²) in [4.78, 5) is 0. The van der Waals surface area contributed by atoms with Crippen molar-refractivity contribution in [3.63, 3.8) is 0 Å². The van der Waals surface area contributed by atoms with Crippen molar-refractivity contribution in [1.82, 2.24) is 0 Å². The van der Waals surface area contributed by atoms with Gasteiger partial charge in [-0.3, -0.25) is 0 Å². The van der Waals surface area contributed by atoms with Gasteiger partial charge in [0, 0.05) is 6.42 Å². The Morgan fingerprint density at radius 2 is 1.67 bits per heavy atom. The molecule has 1 saturated carbocycles. The second-order valence-electron chi connectivity index (χ2n) is 5.12. The first-order valence-corrected chi connectivity index (χ1v) is 6.12. The highest BCUT2D eigenvalue weighted by molar-refractivity contribution is 4.84. The summed E-state index contributed by atoms with van der Waals surface area (Å²) >= 11 is 0. The summed E-state index contributed by atoms with van der Waals surface area (Å²) in [6.45, 7) is 3.42. The molecule has 0 atom stereocenters. The van der Waals surface area contributed by atoms with E-state index < -0.39 is 0 Å². The number of hydrogen-bond donors (Lipinski definition) is 1. The second kappa shape index (κ2) is 4.40. The third-order valence-corrected chi connectivity index (χ3v) is 3.71. The second-order valence-corrected chi connectivity index (χ2v) is 5.12. The van der Waals surface area contributed by atoms with E-state index >= 15 is 0 Å². The average Bonchev–Trinajstić information content (AvgIpc) is 2.76. The molecule has 3 nitrogen and oxygen atoms in total. The topological polar surface area (TPSA) is 38.7 Å². The van der Waals surface area contributed by atoms with Crippen LogP contribution in [-0.4, -0.2) is 29.7 Å². The third kappa shape index (κ3) is 2.92. The molecule has 0 aromatic rings. The molecule has 15 heavy (non-hydrogen) atoms. The van der Waals surface area contributed by atoms with Crippen molar-refractivity contribution in [2.75, 3.05) is 13.2 Å². The maximum Gasteiger partial charge on any atom is 0.165 e. The van der Waals surface area contributed by atoms with Crippen molar-refractivity contribution in [1.29, 1.82) is 0 Å². The van der Waals surface area contributed by atoms with Crippen LogP contribution in [0.25, 0.3) is 0 Å². The Labute approximate surface area is 91.8 Å². The average molecular weight is 214 g/mol. The molecule has 3 heteroatoms. The zero-order valence-electron chi connectivity index (χ0n) is 9.63. The van der Waals surface area contributed by atoms with Crippen molar-refractivity contribution < 1.29 is 14.6 Å². The van der Waals surface area contributed by atoms with Crippen molar-refractivity contribution >= 4 is 0 Å². The van der Waals surface area contributed by atoms with Crippen molar-refractivity contribution in [3.8, 4) is 0 Å². The van der Waals surface area contributed by atoms with E-state index in [-0.39, 0.29) is 11.4 Å². The lowest BCUT2D eigenvalue weighted by atomic mass is 9.94. The van der Waals surface area contributed by atoms with E-state index in [1.54, 1.807) is 0 Å². The number of ether oxygens (including phenoxy) is 2. The van der Waals surface area contributed by atoms with Crippen LogP contribution in [0.2, 0.25) is 0 Å². The fourth-order valence-electron chi connectivity index (χ4n) is 2.72. The fraction of sp³-hybridized carbons (Fsp3) is 1.00. The third-order valence-electron chi connectivity index (χ3n) is 3.71. The monoisotopic (exact) mass is 214 g/mol. The molecular formula is C12H22O3. The minimum absolute atomic E-state index is 0.380. The van der Waals surface area contributed by atoms with Crippen molar-refractivity contribution in [2.24, 2.45) is 0 Å². The first kappa shape index (κ1) is 11.4. The van der Waals surface area contributed by atoms with E-state index in [4.69, 9.17) is 9.47 Å². The number of hydrogen-bond acceptors (Lipinski definition) is 3. The zero-order valence-corrected chi connectivity index (χ0v) is 9.63. The highest BCUT2D eigenvalue weighted by atomic mass is 16.7. The van der Waals surface area contributed by atoms with E-state index in [9.17, 15) is 5.11 Å². The maximum absolute atomic E-state index is 10.2. The Morgan fingerprint density at radius 1 is 1.07 bits per heavy atom. The molecule has 88 valence electrons. The van der Waals surface area contributed by atoms with E-state index in [0.29, 0.717) is 13.2 Å². The van der Waals surface area contributed by atoms with Crippen LogP contribution in [-0.2, 0) is 9.47 Å². The number of aliphatic hydroxyl groups is 1. The van der Waals surface area contributed by atoms with Gasteiger partial charge in [0.2, 0.25) is 0 Å². The molecule has 2 fully saturated rings. The van der Waals surface area contributed by atoms with Gasteiger partial charge < -0.3 is 14.6 Å². The van der Waals surface area contributed by atoms with E-state index in [2.05, 4.69) is 0 Å². The lowest BCUT2D eigenvalue weighted by molar-refractivity contribution is -0.149. The molecule has 2 aliphatic rings. The molecular weight excluding hydrogens is 192 g/mol. The van der Waals surface area contributed by atoms with Crippen LogP contribution >= 0.6 is 0 Å². The summed E-state index contributed by atoms with van der Waals surface area (Å²) < 4.78 is 11.1. The SMILES string of the molecule is CC1(CCCC2(O)CCCC2)OCCO1. The van der Waals surface area contributed by atoms with Crippen LogP contribution in [0.5, 0.6) is 0 Å². The summed E-state index contributed by atoms with van der Waals surface area (Å²) in [5.41, 5.74) is -0.380. The predicted octanol–water partition coefficient (Wildman–Crippen LogP) is 2.22. The lowest BCUT2D eigenvalue weighted by Crippen LogP contribution is -2.28. The first-order valence-electron chi connectivity index (χ1n) is 6.12. The molecule has 1 heterocycles. The first-order chi connectivity index (χ1) is 7.12. The lowest BCUT2D eigenvalue weighted by Gasteiger charge is -2.26. The predicted molar refractivity (Wildman–Crippen MR) is 57.6 cm³/mol. The Bertz CT molecular complexity index is 181. The molecule has 0 amide bonds. The Kier molecular flexibility index (Phi) is 3.33. The molecule has 1 saturated heterocycles. The Morgan fingerprint density at radius 3 is 2.27 bits per heavy atom. The molecule has 0 aromatic heterocycles. The van der Waals surface area contributed by atoms with Gasteiger partial charge in [0.15, 0.2) is 5.79 Å². The van der Waals surface area contributed by atoms with Gasteiger partial charge in [-0.1, -0.05) is 12.8 Å². The Hall–Kier alpha value is -0.120. The fourth-order valence-corrected chi connectivity index (χ4v) is 2.72. The van der Waals surface area contributed by atoms with Crippen LogP contribution in [0.3, 0.4) is 0 Å². The van der Waals surface area contributed by atoms with E-state index in [1.807, 2.05) is 6.92 Å². The standard InChI is InChI=1S/C12H22O3/c1-11(14-9-10-15-11)5-4-8-12(13)6-2-3-7-12/h13H,2-10H2,1H3. The summed E-state index contributed by atoms with van der Waals surface area (Å²) in [6, 6.07) is 0. The van der Waals surface area contributed by atoms with Gasteiger partial charge in [-0.05, 0) is 32.6 Å². The highest BCUT2D eigenvalue weighted by Crippen LogP contribution is 2.35. The van der Waals surface area contributed by atoms with Gasteiger partial charge in [-0.2, -0.15) is 0 Å². The van der Waals surface area contributed by atoms with Crippen molar-refractivity contribution in [2.45, 2.75) is 63.3 Å². The van der Waals surface area contributed by atoms with Gasteiger partial charge in [0.1, 0.15) is 0 Å². The molecule has 0 radical (unpaired) electrons. The summed E-state index contributed by atoms with van der Waals surface area (Å²) in [6.07, 6.45) is 7.11. The molecule has 0 bridgehead atoms. The van der Waals surface area contributed by atoms with Crippen LogP contribution in [0.15, 0.2) is 0 Å². The largest absolute Gasteiger partial charge is 0.390 e. The zero-order chi connectivity index (χ0) is 10.8. The molecule has 1 aliphatic heterocycles. The normalized spacial score (nSPS) is 28.4. The van der Waals surface area contributed by atoms with Crippen LogP contribution in [0, 0.1) is 0 Å². The van der Waals surface area contributed by atoms with Gasteiger partial charge >= 0.3 is 0 Å². The quantitative estimate of drug-likeness (QED) is 0.780. The molecule has 0 spiro atoms. The number of rotatable bonds is 4. The molecule has 1 N–H and O–H groups in total. The Balaban J connectivity index is 1.69. The van der Waals surface area contributed by atoms with Crippen LogP contribution in [0.1, 0.15) is 51.9 Å². The van der Waals surface area contributed by atoms with Crippen molar-refractivity contribution in [3.05, 3.63) is 0 Å². The molecule has 2 rings (SSSR count). The summed E-state index contributed by atoms with van der Waals surface area (Å²) in [7, 11) is 0. The van der Waals surface area contributed by atoms with Gasteiger partial charge in [0.25, 0.3) is 0 Å². The van der Waals surface area contributed by atoms with Gasteiger partial charge in [-0.25, -0.2) is 0 Å². The summed E-state index contributed by atoms with van der Waals surface area (Å²) in [5, 5.41) is 10.2. The van der Waals surface area contributed by atoms with E-state index in [0.717, 1.165) is 32.1 Å². The summed E-state index contributed by atoms with van der Waals surface area (Å²) in [5.74, 6) is -0.380. The highest BCUT2D eigenvalue weighted by Gasteiger charge is 2.34. The van der Waals surface area contributed by atoms with Crippen LogP contribution < -0.4 is 0 Å². The molecule has 0 unspecified atom stereocenters. The minimum Gasteiger partial charge on any atom is -0.390 e. The van der Waals surface area contributed by atoms with Crippen LogP contribution in [0.4, 0.5) is 0 Å².